The Hall–Kier alpha value is -6.11. The Labute approximate surface area is 387 Å². The second kappa shape index (κ2) is 22.7. The average molecular weight is 1000 g/mol. The van der Waals surface area contributed by atoms with Gasteiger partial charge in [-0.3, -0.25) is 19.9 Å². The summed E-state index contributed by atoms with van der Waals surface area (Å²) >= 11 is 18.1. The lowest BCUT2D eigenvalue weighted by Crippen LogP contribution is -2.45. The van der Waals surface area contributed by atoms with Crippen molar-refractivity contribution in [2.24, 2.45) is 0 Å². The molecule has 0 unspecified atom stereocenters. The molecule has 4 amide bonds. The number of pyridine rings is 1. The minimum Gasteiger partial charge on any atom is -0.481 e. The zero-order chi connectivity index (χ0) is 48.2. The van der Waals surface area contributed by atoms with Crippen LogP contribution in [-0.2, 0) is 44.1 Å². The first kappa shape index (κ1) is 51.5. The third-order valence-corrected chi connectivity index (χ3v) is 13.2. The van der Waals surface area contributed by atoms with Crippen molar-refractivity contribution < 1.29 is 64.9 Å². The topological polar surface area (TPSA) is 280 Å². The molecule has 26 heteroatoms. The van der Waals surface area contributed by atoms with Crippen LogP contribution in [0.15, 0.2) is 70.9 Å². The molecular weight excluding hydrogens is 961 g/mol. The smallest absolute Gasteiger partial charge is 0.349 e. The Balaban J connectivity index is 0.000000219. The zero-order valence-corrected chi connectivity index (χ0v) is 38.9. The second-order valence-electron chi connectivity index (χ2n) is 13.1. The normalized spacial score (nSPS) is 13.8. The van der Waals surface area contributed by atoms with Gasteiger partial charge in [-0.25, -0.2) is 32.4 Å². The van der Waals surface area contributed by atoms with E-state index in [-0.39, 0.29) is 44.9 Å². The van der Waals surface area contributed by atoms with E-state index >= 15 is 0 Å². The number of anilines is 2. The SMILES string of the molecule is CCOC(=O)/C(Cl)=C/c1cc(N2C(=O)C3=C(CCCC3)C2=O)ccc1Cl.COc1cc(OC)nc(NC(=O)NS(=O)(=O)N(C)S(C)(=O)=O)n1.O=C(O)COc1ccc(Cl)c2cccnc12. The number of aromatic nitrogens is 3. The lowest BCUT2D eigenvalue weighted by molar-refractivity contribution is -0.139. The molecule has 0 radical (unpaired) electrons. The van der Waals surface area contributed by atoms with E-state index in [9.17, 15) is 40.8 Å². The van der Waals surface area contributed by atoms with E-state index in [1.54, 1.807) is 55.6 Å². The van der Waals surface area contributed by atoms with Crippen molar-refractivity contribution in [1.29, 1.82) is 0 Å². The summed E-state index contributed by atoms with van der Waals surface area (Å²) in [6, 6.07) is 11.6. The number of fused-ring (bicyclic) bond motifs is 1. The molecular formula is C39H40Cl3N7O14S2. The van der Waals surface area contributed by atoms with E-state index in [2.05, 4.69) is 15.0 Å². The average Bonchev–Trinajstić information content (AvgIpc) is 3.52. The lowest BCUT2D eigenvalue weighted by atomic mass is 9.93. The number of carbonyl (C=O) groups is 5. The lowest BCUT2D eigenvalue weighted by Gasteiger charge is -2.16. The molecule has 6 rings (SSSR count). The molecule has 21 nitrogen and oxygen atoms in total. The molecule has 4 aromatic rings. The predicted octanol–water partition coefficient (Wildman–Crippen LogP) is 5.33. The van der Waals surface area contributed by atoms with Gasteiger partial charge in [-0.2, -0.15) is 18.4 Å². The maximum Gasteiger partial charge on any atom is 0.349 e. The van der Waals surface area contributed by atoms with E-state index in [4.69, 9.17) is 58.9 Å². The van der Waals surface area contributed by atoms with Crippen molar-refractivity contribution in [3.63, 3.8) is 0 Å². The Morgan fingerprint density at radius 1 is 0.923 bits per heavy atom. The molecule has 0 saturated carbocycles. The van der Waals surface area contributed by atoms with Gasteiger partial charge in [-0.05, 0) is 86.7 Å². The van der Waals surface area contributed by atoms with E-state index < -0.39 is 44.8 Å². The van der Waals surface area contributed by atoms with Crippen molar-refractivity contribution in [3.8, 4) is 17.5 Å². The Kier molecular flexibility index (Phi) is 18.0. The summed E-state index contributed by atoms with van der Waals surface area (Å²) in [7, 11) is -5.27. The first-order chi connectivity index (χ1) is 30.6. The van der Waals surface area contributed by atoms with Crippen LogP contribution in [0.1, 0.15) is 38.2 Å². The molecule has 0 saturated heterocycles. The van der Waals surface area contributed by atoms with Crippen LogP contribution in [0.2, 0.25) is 10.0 Å². The highest BCUT2D eigenvalue weighted by Gasteiger charge is 2.39. The van der Waals surface area contributed by atoms with Gasteiger partial charge in [0.05, 0.1) is 43.9 Å². The summed E-state index contributed by atoms with van der Waals surface area (Å²) in [5.74, 6) is -2.03. The molecule has 348 valence electrons. The number of carboxylic acids is 1. The summed E-state index contributed by atoms with van der Waals surface area (Å²) in [6.45, 7) is 1.48. The van der Waals surface area contributed by atoms with Gasteiger partial charge in [0.1, 0.15) is 16.3 Å². The molecule has 2 aromatic carbocycles. The van der Waals surface area contributed by atoms with Gasteiger partial charge in [-0.15, -0.1) is 0 Å². The number of sulfonamides is 1. The van der Waals surface area contributed by atoms with Crippen molar-refractivity contribution >= 4 is 113 Å². The van der Waals surface area contributed by atoms with Crippen molar-refractivity contribution in [2.75, 3.05) is 51.0 Å². The van der Waals surface area contributed by atoms with Gasteiger partial charge < -0.3 is 24.1 Å². The standard InChI is InChI=1S/C19H17Cl2NO4.C11H8ClNO3.C9H15N5O7S2/c1-2-26-19(25)16(21)10-11-9-12(7-8-15(11)20)22-17(23)13-5-3-4-6-14(13)18(22)24;12-8-3-4-9(16-6-10(14)15)11-7(8)2-1-5-13-11;1-14(22(4,16)17)23(18,19)13-9(15)12-8-10-6(20-2)5-7(11-8)21-3/h7-10H,2-6H2,1H3;1-5H,6H2,(H,14,15);5H,1-4H3,(H2,10,11,12,13,15)/b16-10-;;. The van der Waals surface area contributed by atoms with Gasteiger partial charge in [0.25, 0.3) is 11.8 Å². The summed E-state index contributed by atoms with van der Waals surface area (Å²) in [5.41, 5.74) is 2.61. The van der Waals surface area contributed by atoms with Crippen LogP contribution in [0.5, 0.6) is 17.5 Å². The molecule has 1 aliphatic carbocycles. The van der Waals surface area contributed by atoms with Crippen LogP contribution in [0.3, 0.4) is 0 Å². The molecule has 2 aliphatic rings. The first-order valence-electron chi connectivity index (χ1n) is 18.7. The number of carbonyl (C=O) groups excluding carboxylic acids is 4. The number of methoxy groups -OCH3 is 2. The minimum atomic E-state index is -4.60. The van der Waals surface area contributed by atoms with Crippen LogP contribution >= 0.6 is 34.8 Å². The molecule has 3 heterocycles. The Morgan fingerprint density at radius 2 is 1.52 bits per heavy atom. The molecule has 2 aromatic heterocycles. The Morgan fingerprint density at radius 3 is 2.08 bits per heavy atom. The maximum absolute atomic E-state index is 12.7. The number of carboxylic acid groups (broad SMARTS) is 1. The number of nitrogens with zero attached hydrogens (tertiary/aromatic N) is 5. The Bertz CT molecular complexity index is 2740. The molecule has 3 N–H and O–H groups in total. The number of hydrogen-bond donors (Lipinski definition) is 3. The highest BCUT2D eigenvalue weighted by atomic mass is 35.5. The molecule has 0 atom stereocenters. The van der Waals surface area contributed by atoms with Crippen molar-refractivity contribution in [2.45, 2.75) is 32.6 Å². The number of halogens is 3. The molecule has 1 aliphatic heterocycles. The van der Waals surface area contributed by atoms with Gasteiger partial charge in [-0.1, -0.05) is 38.5 Å². The van der Waals surface area contributed by atoms with Gasteiger partial charge in [0.2, 0.25) is 27.7 Å². The minimum absolute atomic E-state index is 0.00654. The van der Waals surface area contributed by atoms with Gasteiger partial charge in [0.15, 0.2) is 6.61 Å². The van der Waals surface area contributed by atoms with Crippen molar-refractivity contribution in [1.82, 2.24) is 23.4 Å². The van der Waals surface area contributed by atoms with Gasteiger partial charge in [0, 0.05) is 34.8 Å². The monoisotopic (exact) mass is 999 g/mol. The number of ether oxygens (including phenoxy) is 4. The molecule has 65 heavy (non-hydrogen) atoms. The summed E-state index contributed by atoms with van der Waals surface area (Å²) in [4.78, 5) is 71.9. The summed E-state index contributed by atoms with van der Waals surface area (Å²) in [6.07, 6.45) is 6.72. The largest absolute Gasteiger partial charge is 0.481 e. The number of esters is 1. The first-order valence-corrected chi connectivity index (χ1v) is 23.1. The number of nitrogens with one attached hydrogen (secondary N) is 2. The number of urea groups is 1. The van der Waals surface area contributed by atoms with Crippen LogP contribution < -0.4 is 29.1 Å². The number of benzene rings is 2. The van der Waals surface area contributed by atoms with E-state index in [1.807, 2.05) is 5.32 Å². The fourth-order valence-electron chi connectivity index (χ4n) is 5.67. The fraction of sp³-hybridized carbons (Fsp3) is 0.282. The van der Waals surface area contributed by atoms with Crippen LogP contribution in [0.4, 0.5) is 16.4 Å². The number of hydrogen-bond acceptors (Lipinski definition) is 16. The fourth-order valence-corrected chi connectivity index (χ4v) is 8.19. The molecule has 0 spiro atoms. The van der Waals surface area contributed by atoms with E-state index in [0.717, 1.165) is 25.3 Å². The third kappa shape index (κ3) is 13.7. The quantitative estimate of drug-likeness (QED) is 0.0867. The third-order valence-electron chi connectivity index (χ3n) is 8.76. The molecule has 0 bridgehead atoms. The number of amides is 4. The highest BCUT2D eigenvalue weighted by molar-refractivity contribution is 8.03. The zero-order valence-electron chi connectivity index (χ0n) is 35.0. The van der Waals surface area contributed by atoms with Crippen molar-refractivity contribution in [3.05, 3.63) is 86.5 Å². The second-order valence-corrected chi connectivity index (χ2v) is 18.3. The highest BCUT2D eigenvalue weighted by Crippen LogP contribution is 2.37. The van der Waals surface area contributed by atoms with Crippen LogP contribution in [-0.4, -0.2) is 111 Å². The van der Waals surface area contributed by atoms with Crippen LogP contribution in [0, 0.1) is 0 Å². The summed E-state index contributed by atoms with van der Waals surface area (Å²) < 4.78 is 67.0. The molecule has 0 fully saturated rings. The van der Waals surface area contributed by atoms with Gasteiger partial charge >= 0.3 is 28.2 Å². The maximum atomic E-state index is 12.7. The summed E-state index contributed by atoms with van der Waals surface area (Å²) in [5, 5.41) is 12.1. The number of rotatable bonds is 13. The number of imide groups is 1. The predicted molar refractivity (Wildman–Crippen MR) is 239 cm³/mol. The van der Waals surface area contributed by atoms with E-state index in [0.29, 0.717) is 62.8 Å². The van der Waals surface area contributed by atoms with Crippen LogP contribution in [0.25, 0.3) is 17.0 Å². The number of aliphatic carboxylic acids is 1. The van der Waals surface area contributed by atoms with E-state index in [1.165, 1.54) is 36.0 Å².